The second-order valence-corrected chi connectivity index (χ2v) is 6.59. The second kappa shape index (κ2) is 6.96. The minimum Gasteiger partial charge on any atom is -0.497 e. The first kappa shape index (κ1) is 10.2. The average molecular weight is 443 g/mol. The molecule has 2 fully saturated rings. The van der Waals surface area contributed by atoms with E-state index in [1.807, 2.05) is 0 Å². The van der Waals surface area contributed by atoms with Crippen molar-refractivity contribution in [2.24, 2.45) is 5.89 Å². The molecular weight excluding hydrogens is 410 g/mol. The standard InChI is InChI=1S/C18H23BrF2N2O3/c1-17(20,21)18(25)14-8-5-12(19)9-15(14)23(16(24)22-18)10-11-3-6-13(26-2)7-4-11/h3-4,6-7,12,14-15,25H,5,8-10H2,1-2H3,(H,22,24)/i5D2,8D2,9D2,12D,14D,15D/hD. The van der Waals surface area contributed by atoms with E-state index in [9.17, 15) is 9.90 Å². The molecule has 0 aromatic heterocycles. The predicted molar refractivity (Wildman–Crippen MR) is 96.5 cm³/mol. The molecule has 0 radical (unpaired) electrons. The number of urea groups is 1. The lowest BCUT2D eigenvalue weighted by molar-refractivity contribution is -0.234. The molecule has 26 heavy (non-hydrogen) atoms. The quantitative estimate of drug-likeness (QED) is 0.701. The van der Waals surface area contributed by atoms with Crippen LogP contribution in [0.15, 0.2) is 24.3 Å². The van der Waals surface area contributed by atoms with Gasteiger partial charge in [0.15, 0.2) is 1.41 Å². The number of ether oxygens (including phenoxy) is 1. The summed E-state index contributed by atoms with van der Waals surface area (Å²) in [7, 11) is 1.36. The number of hydrogen-bond donors (Lipinski definition) is 2. The minimum atomic E-state index is -4.74. The van der Waals surface area contributed by atoms with Crippen molar-refractivity contribution < 1.29 is 37.2 Å². The molecule has 0 spiro atoms. The molecule has 1 aromatic rings. The number of aliphatic hydroxyl groups is 1. The summed E-state index contributed by atoms with van der Waals surface area (Å²) in [5, 5.41) is 10.3. The Bertz CT molecular complexity index is 1080. The zero-order valence-electron chi connectivity index (χ0n) is 23.8. The van der Waals surface area contributed by atoms with Gasteiger partial charge >= 0.3 is 6.03 Å². The number of fused-ring (bicyclic) bond motifs is 1. The lowest BCUT2D eigenvalue weighted by Gasteiger charge is -2.54. The summed E-state index contributed by atoms with van der Waals surface area (Å²) >= 11 is 2.48. The number of carbonyl (C=O) groups is 1. The molecule has 2 N–H and O–H groups in total. The summed E-state index contributed by atoms with van der Waals surface area (Å²) in [5.41, 5.74) is -4.45. The Labute approximate surface area is 173 Å². The fraction of sp³-hybridized carbons (Fsp3) is 0.611. The molecule has 5 nitrogen and oxygen atoms in total. The highest BCUT2D eigenvalue weighted by Gasteiger charge is 2.62. The number of carbonyl (C=O) groups excluding carboxylic acids is 1. The number of hydrogen-bond acceptors (Lipinski definition) is 3. The number of methoxy groups -OCH3 is 1. The Hall–Kier alpha value is -1.41. The van der Waals surface area contributed by atoms with E-state index in [-0.39, 0.29) is 17.4 Å². The van der Waals surface area contributed by atoms with E-state index in [0.29, 0.717) is 5.75 Å². The molecule has 4 unspecified atom stereocenters. The van der Waals surface area contributed by atoms with E-state index in [4.69, 9.17) is 18.5 Å². The van der Waals surface area contributed by atoms with E-state index in [1.54, 1.807) is 0 Å². The van der Waals surface area contributed by atoms with Crippen LogP contribution in [0.4, 0.5) is 13.6 Å². The van der Waals surface area contributed by atoms with Crippen LogP contribution >= 0.6 is 15.9 Å². The number of halogens is 3. The molecule has 0 bridgehead atoms. The monoisotopic (exact) mass is 442 g/mol. The van der Waals surface area contributed by atoms with Gasteiger partial charge in [-0.25, -0.2) is 13.6 Å². The summed E-state index contributed by atoms with van der Waals surface area (Å²) in [6.07, 6.45) is -11.8. The molecule has 3 rings (SSSR count). The highest BCUT2D eigenvalue weighted by atomic mass is 79.9. The van der Waals surface area contributed by atoms with Gasteiger partial charge in [-0.15, -0.1) is 0 Å². The number of rotatable bonds is 4. The summed E-state index contributed by atoms with van der Waals surface area (Å²) in [6, 6.07) is -0.328. The van der Waals surface area contributed by atoms with Crippen molar-refractivity contribution in [3.8, 4) is 5.75 Å². The number of nitrogens with zero attached hydrogens (tertiary/aromatic N) is 1. The summed E-state index contributed by atoms with van der Waals surface area (Å²) in [5.74, 6) is -8.69. The molecule has 1 aromatic carbocycles. The van der Waals surface area contributed by atoms with Crippen LogP contribution in [0, 0.1) is 5.89 Å². The first-order chi connectivity index (χ1) is 16.0. The van der Waals surface area contributed by atoms with Crippen molar-refractivity contribution in [1.82, 2.24) is 10.2 Å². The van der Waals surface area contributed by atoms with Gasteiger partial charge in [-0.2, -0.15) is 0 Å². The molecule has 8 heteroatoms. The van der Waals surface area contributed by atoms with E-state index >= 15 is 8.78 Å². The molecule has 1 saturated carbocycles. The minimum absolute atomic E-state index is 0.0599. The number of benzene rings is 1. The second-order valence-electron chi connectivity index (χ2n) is 5.80. The summed E-state index contributed by atoms with van der Waals surface area (Å²) in [4.78, 5) is 9.93. The smallest absolute Gasteiger partial charge is 0.320 e. The van der Waals surface area contributed by atoms with Crippen LogP contribution < -0.4 is 10.0 Å². The van der Waals surface area contributed by atoms with Gasteiger partial charge in [0.25, 0.3) is 5.92 Å². The molecule has 1 heterocycles. The molecule has 2 aliphatic rings. The Morgan fingerprint density at radius 1 is 1.54 bits per heavy atom. The molecule has 1 aliphatic carbocycles. The highest BCUT2D eigenvalue weighted by Crippen LogP contribution is 2.46. The van der Waals surface area contributed by atoms with Crippen molar-refractivity contribution >= 4 is 22.0 Å². The van der Waals surface area contributed by atoms with E-state index < -0.39 is 65.4 Å². The Morgan fingerprint density at radius 3 is 2.77 bits per heavy atom. The lowest BCUT2D eigenvalue weighted by atomic mass is 9.73. The van der Waals surface area contributed by atoms with Gasteiger partial charge in [-0.1, -0.05) is 28.1 Å². The van der Waals surface area contributed by atoms with Crippen LogP contribution in [0.1, 0.15) is 43.9 Å². The van der Waals surface area contributed by atoms with Crippen LogP contribution in [0.3, 0.4) is 0 Å². The number of alkyl halides is 3. The molecule has 1 saturated heterocycles. The fourth-order valence-corrected chi connectivity index (χ4v) is 2.84. The maximum Gasteiger partial charge on any atom is 0.320 e. The molecular formula is C18H23BrF2N2O3. The Morgan fingerprint density at radius 2 is 2.19 bits per heavy atom. The maximum absolute atomic E-state index is 15.0. The van der Waals surface area contributed by atoms with E-state index in [1.165, 1.54) is 31.4 Å². The fourth-order valence-electron chi connectivity index (χ4n) is 2.56. The maximum atomic E-state index is 15.0. The zero-order chi connectivity index (χ0) is 28.1. The van der Waals surface area contributed by atoms with Crippen LogP contribution in [0.25, 0.3) is 0 Å². The summed E-state index contributed by atoms with van der Waals surface area (Å²) < 4.78 is 120. The first-order valence-corrected chi connectivity index (χ1v) is 8.29. The van der Waals surface area contributed by atoms with Gasteiger partial charge < -0.3 is 20.1 Å². The van der Waals surface area contributed by atoms with Crippen molar-refractivity contribution in [3.05, 3.63) is 29.8 Å². The SMILES string of the molecule is [2H]N1C(=O)N(Cc2ccc(OC)cc2)C2([2H])C([2H])([2H])C([2H])(Br)C([2H])([2H])C([2H])([2H])C2([2H])C1(O)C(C)(F)F. The number of nitrogens with one attached hydrogen (secondary N) is 1. The topological polar surface area (TPSA) is 61.8 Å². The number of amides is 2. The predicted octanol–water partition coefficient (Wildman–Crippen LogP) is 3.50. The van der Waals surface area contributed by atoms with Crippen LogP contribution in [-0.2, 0) is 6.54 Å². The van der Waals surface area contributed by atoms with Gasteiger partial charge in [-0.05, 0) is 36.8 Å². The Kier molecular flexibility index (Phi) is 2.74. The van der Waals surface area contributed by atoms with Crippen molar-refractivity contribution in [1.29, 1.82) is 0 Å². The van der Waals surface area contributed by atoms with Crippen molar-refractivity contribution in [3.63, 3.8) is 0 Å². The van der Waals surface area contributed by atoms with Gasteiger partial charge in [0.05, 0.1) is 8.48 Å². The first-order valence-electron chi connectivity index (χ1n) is 12.4. The zero-order valence-corrected chi connectivity index (χ0v) is 15.4. The van der Waals surface area contributed by atoms with Gasteiger partial charge in [0.2, 0.25) is 5.72 Å². The normalized spacial score (nSPS) is 52.3. The van der Waals surface area contributed by atoms with Gasteiger partial charge in [0, 0.05) is 41.1 Å². The summed E-state index contributed by atoms with van der Waals surface area (Å²) in [6.45, 7) is -0.912. The molecule has 2 amide bonds. The van der Waals surface area contributed by atoms with Crippen LogP contribution in [0.5, 0.6) is 5.75 Å². The third kappa shape index (κ3) is 3.41. The molecule has 1 aliphatic heterocycles. The van der Waals surface area contributed by atoms with Gasteiger partial charge in [-0.3, -0.25) is 0 Å². The molecule has 4 atom stereocenters. The van der Waals surface area contributed by atoms with Crippen molar-refractivity contribution in [2.75, 3.05) is 7.11 Å². The van der Waals surface area contributed by atoms with E-state index in [2.05, 4.69) is 15.9 Å². The highest BCUT2D eigenvalue weighted by molar-refractivity contribution is 9.09. The Balaban J connectivity index is 2.46. The molecule has 144 valence electrons. The largest absolute Gasteiger partial charge is 0.497 e. The van der Waals surface area contributed by atoms with Crippen molar-refractivity contribution in [2.45, 2.75) is 55.1 Å². The average Bonchev–Trinajstić information content (AvgIpc) is 2.77. The third-order valence-electron chi connectivity index (χ3n) is 3.98. The van der Waals surface area contributed by atoms with Crippen LogP contribution in [0.2, 0.25) is 1.41 Å². The van der Waals surface area contributed by atoms with Crippen LogP contribution in [-0.4, -0.2) is 45.6 Å². The lowest BCUT2D eigenvalue weighted by Crippen LogP contribution is -2.75. The van der Waals surface area contributed by atoms with Gasteiger partial charge in [0.1, 0.15) is 5.75 Å². The van der Waals surface area contributed by atoms with E-state index in [0.717, 1.165) is 0 Å². The third-order valence-corrected chi connectivity index (χ3v) is 4.38.